The summed E-state index contributed by atoms with van der Waals surface area (Å²) in [6.07, 6.45) is 4.61. The highest BCUT2D eigenvalue weighted by molar-refractivity contribution is 6.36. The van der Waals surface area contributed by atoms with Crippen molar-refractivity contribution in [2.24, 2.45) is 10.7 Å². The van der Waals surface area contributed by atoms with Crippen molar-refractivity contribution in [2.75, 3.05) is 42.9 Å². The van der Waals surface area contributed by atoms with Crippen molar-refractivity contribution in [2.45, 2.75) is 13.8 Å². The number of anilines is 3. The maximum atomic E-state index is 13.8. The number of ether oxygens (including phenoxy) is 1. The molecule has 2 aromatic rings. The van der Waals surface area contributed by atoms with E-state index in [2.05, 4.69) is 16.9 Å². The summed E-state index contributed by atoms with van der Waals surface area (Å²) in [5, 5.41) is 2.83. The topological polar surface area (TPSA) is 103 Å². The molecule has 1 aliphatic heterocycles. The van der Waals surface area contributed by atoms with Crippen LogP contribution >= 0.6 is 0 Å². The van der Waals surface area contributed by atoms with Crippen LogP contribution in [-0.2, 0) is 4.79 Å². The number of nitrogens with two attached hydrogens (primary N) is 1. The molecule has 0 aromatic heterocycles. The minimum atomic E-state index is -0.379. The molecule has 0 aliphatic carbocycles. The SMILES string of the molecule is C=C/N=C1\C(=C(/C)N)N(c2ccc(C)c(OC)c2)C(=O)N1c1cccc(NC(=O)/C=C/CN(C)C)c1. The zero-order valence-electron chi connectivity index (χ0n) is 21.3. The number of likely N-dealkylation sites (N-methyl/N-ethyl adjacent to an activating group) is 1. The number of nitrogens with one attached hydrogen (secondary N) is 1. The second-order valence-corrected chi connectivity index (χ2v) is 8.48. The van der Waals surface area contributed by atoms with Crippen LogP contribution < -0.4 is 25.6 Å². The second-order valence-electron chi connectivity index (χ2n) is 8.48. The summed E-state index contributed by atoms with van der Waals surface area (Å²) in [6, 6.07) is 12.1. The Morgan fingerprint density at radius 2 is 1.92 bits per heavy atom. The number of hydrogen-bond donors (Lipinski definition) is 2. The van der Waals surface area contributed by atoms with Crippen molar-refractivity contribution in [3.05, 3.63) is 84.4 Å². The maximum absolute atomic E-state index is 13.8. The molecule has 9 heteroatoms. The molecule has 3 N–H and O–H groups in total. The Labute approximate surface area is 211 Å². The van der Waals surface area contributed by atoms with E-state index in [1.54, 1.807) is 50.4 Å². The number of nitrogens with zero attached hydrogens (tertiary/aromatic N) is 4. The lowest BCUT2D eigenvalue weighted by molar-refractivity contribution is -0.111. The van der Waals surface area contributed by atoms with Gasteiger partial charge in [0.2, 0.25) is 5.91 Å². The molecular formula is C27H32N6O3. The molecule has 3 amide bonds. The number of urea groups is 1. The van der Waals surface area contributed by atoms with E-state index in [1.165, 1.54) is 22.1 Å². The van der Waals surface area contributed by atoms with Crippen LogP contribution in [0.4, 0.5) is 21.9 Å². The highest BCUT2D eigenvalue weighted by atomic mass is 16.5. The van der Waals surface area contributed by atoms with Gasteiger partial charge in [0.05, 0.1) is 18.5 Å². The molecule has 0 spiro atoms. The van der Waals surface area contributed by atoms with Gasteiger partial charge >= 0.3 is 6.03 Å². The van der Waals surface area contributed by atoms with Crippen LogP contribution in [0.5, 0.6) is 5.75 Å². The van der Waals surface area contributed by atoms with Crippen LogP contribution in [0.2, 0.25) is 0 Å². The van der Waals surface area contributed by atoms with Gasteiger partial charge in [-0.2, -0.15) is 0 Å². The number of carbonyl (C=O) groups is 2. The number of amides is 3. The number of methoxy groups -OCH3 is 1. The van der Waals surface area contributed by atoms with Crippen molar-refractivity contribution in [1.29, 1.82) is 0 Å². The lowest BCUT2D eigenvalue weighted by atomic mass is 10.2. The Morgan fingerprint density at radius 1 is 1.19 bits per heavy atom. The van der Waals surface area contributed by atoms with Crippen molar-refractivity contribution < 1.29 is 14.3 Å². The van der Waals surface area contributed by atoms with E-state index in [1.807, 2.05) is 38.1 Å². The summed E-state index contributed by atoms with van der Waals surface area (Å²) in [4.78, 5) is 35.5. The molecule has 1 heterocycles. The zero-order valence-corrected chi connectivity index (χ0v) is 21.3. The van der Waals surface area contributed by atoms with Crippen LogP contribution in [0.15, 0.2) is 83.8 Å². The van der Waals surface area contributed by atoms with Crippen molar-refractivity contribution in [3.63, 3.8) is 0 Å². The maximum Gasteiger partial charge on any atom is 0.339 e. The summed E-state index contributed by atoms with van der Waals surface area (Å²) < 4.78 is 5.46. The average Bonchev–Trinajstić information content (AvgIpc) is 3.11. The van der Waals surface area contributed by atoms with Gasteiger partial charge in [-0.1, -0.05) is 24.8 Å². The minimum absolute atomic E-state index is 0.270. The zero-order chi connectivity index (χ0) is 26.4. The highest BCUT2D eigenvalue weighted by Crippen LogP contribution is 2.36. The molecule has 1 aliphatic rings. The Bertz CT molecular complexity index is 1260. The van der Waals surface area contributed by atoms with Gasteiger partial charge in [0.1, 0.15) is 11.4 Å². The number of aryl methyl sites for hydroxylation is 1. The van der Waals surface area contributed by atoms with E-state index < -0.39 is 0 Å². The second kappa shape index (κ2) is 11.4. The number of allylic oxidation sites excluding steroid dienone is 1. The number of benzene rings is 2. The van der Waals surface area contributed by atoms with Crippen LogP contribution in [0, 0.1) is 6.92 Å². The molecule has 1 saturated heterocycles. The van der Waals surface area contributed by atoms with E-state index >= 15 is 0 Å². The molecule has 36 heavy (non-hydrogen) atoms. The minimum Gasteiger partial charge on any atom is -0.496 e. The Morgan fingerprint density at radius 3 is 2.56 bits per heavy atom. The fraction of sp³-hybridized carbons (Fsp3) is 0.222. The first-order chi connectivity index (χ1) is 17.2. The normalized spacial score (nSPS) is 16.3. The number of rotatable bonds is 8. The molecule has 1 fully saturated rings. The number of amidine groups is 1. The summed E-state index contributed by atoms with van der Waals surface area (Å²) in [6.45, 7) is 7.98. The summed E-state index contributed by atoms with van der Waals surface area (Å²) in [5.41, 5.74) is 9.65. The van der Waals surface area contributed by atoms with Gasteiger partial charge in [-0.25, -0.2) is 14.7 Å². The largest absolute Gasteiger partial charge is 0.496 e. The molecule has 0 unspecified atom stereocenters. The first-order valence-electron chi connectivity index (χ1n) is 11.3. The van der Waals surface area contributed by atoms with E-state index in [-0.39, 0.29) is 11.9 Å². The third kappa shape index (κ3) is 5.64. The van der Waals surface area contributed by atoms with Gasteiger partial charge in [-0.3, -0.25) is 9.69 Å². The van der Waals surface area contributed by atoms with Crippen LogP contribution in [-0.4, -0.2) is 50.4 Å². The number of hydrogen-bond acceptors (Lipinski definition) is 6. The number of aliphatic imine (C=N–C) groups is 1. The van der Waals surface area contributed by atoms with E-state index in [4.69, 9.17) is 10.5 Å². The molecule has 0 bridgehead atoms. The molecule has 3 rings (SSSR count). The van der Waals surface area contributed by atoms with Crippen LogP contribution in [0.1, 0.15) is 12.5 Å². The van der Waals surface area contributed by atoms with E-state index in [0.717, 1.165) is 5.56 Å². The highest BCUT2D eigenvalue weighted by Gasteiger charge is 2.42. The van der Waals surface area contributed by atoms with Crippen molar-refractivity contribution >= 4 is 34.8 Å². The van der Waals surface area contributed by atoms with Crippen LogP contribution in [0.25, 0.3) is 0 Å². The van der Waals surface area contributed by atoms with E-state index in [9.17, 15) is 9.59 Å². The molecule has 2 aromatic carbocycles. The predicted molar refractivity (Wildman–Crippen MR) is 145 cm³/mol. The first kappa shape index (κ1) is 26.2. The lowest BCUT2D eigenvalue weighted by Gasteiger charge is -2.19. The van der Waals surface area contributed by atoms with Crippen molar-refractivity contribution in [1.82, 2.24) is 4.90 Å². The summed E-state index contributed by atoms with van der Waals surface area (Å²) in [7, 11) is 5.42. The standard InChI is InChI=1S/C27H32N6O3/c1-7-29-26-25(19(3)28)32(22-14-13-18(2)23(17-22)36-6)27(35)33(26)21-11-8-10-20(16-21)30-24(34)12-9-15-31(4)5/h7-14,16-17H,1,15,28H2,2-6H3,(H,30,34)/b12-9+,25-19-,29-26+. The quantitative estimate of drug-likeness (QED) is 0.541. The molecule has 9 nitrogen and oxygen atoms in total. The average molecular weight is 489 g/mol. The van der Waals surface area contributed by atoms with Gasteiger partial charge in [-0.15, -0.1) is 0 Å². The molecular weight excluding hydrogens is 456 g/mol. The summed E-state index contributed by atoms with van der Waals surface area (Å²) >= 11 is 0. The molecule has 188 valence electrons. The number of carbonyl (C=O) groups excluding carboxylic acids is 2. The van der Waals surface area contributed by atoms with Gasteiger partial charge in [-0.05, 0) is 57.8 Å². The van der Waals surface area contributed by atoms with E-state index in [0.29, 0.717) is 46.6 Å². The third-order valence-corrected chi connectivity index (χ3v) is 5.38. The van der Waals surface area contributed by atoms with Gasteiger partial charge in [0.15, 0.2) is 5.84 Å². The van der Waals surface area contributed by atoms with Gasteiger partial charge in [0.25, 0.3) is 0 Å². The fourth-order valence-corrected chi connectivity index (χ4v) is 3.75. The lowest BCUT2D eigenvalue weighted by Crippen LogP contribution is -2.33. The van der Waals surface area contributed by atoms with Crippen LogP contribution in [0.3, 0.4) is 0 Å². The molecule has 0 atom stereocenters. The monoisotopic (exact) mass is 488 g/mol. The van der Waals surface area contributed by atoms with Crippen molar-refractivity contribution in [3.8, 4) is 5.75 Å². The third-order valence-electron chi connectivity index (χ3n) is 5.38. The first-order valence-corrected chi connectivity index (χ1v) is 11.3. The Balaban J connectivity index is 2.03. The Hall–Kier alpha value is -4.37. The summed E-state index contributed by atoms with van der Waals surface area (Å²) in [5.74, 6) is 0.694. The van der Waals surface area contributed by atoms with Gasteiger partial charge < -0.3 is 20.7 Å². The molecule has 0 radical (unpaired) electrons. The molecule has 0 saturated carbocycles. The Kier molecular flexibility index (Phi) is 8.29. The fourth-order valence-electron chi connectivity index (χ4n) is 3.75. The predicted octanol–water partition coefficient (Wildman–Crippen LogP) is 4.24. The van der Waals surface area contributed by atoms with Gasteiger partial charge in [0, 0.05) is 36.3 Å². The smallest absolute Gasteiger partial charge is 0.339 e.